The van der Waals surface area contributed by atoms with Crippen LogP contribution in [0.15, 0.2) is 47.7 Å². The predicted molar refractivity (Wildman–Crippen MR) is 80.4 cm³/mol. The lowest BCUT2D eigenvalue weighted by Gasteiger charge is -2.18. The van der Waals surface area contributed by atoms with Crippen LogP contribution in [-0.2, 0) is 6.42 Å². The van der Waals surface area contributed by atoms with Gasteiger partial charge in [0.15, 0.2) is 11.6 Å². The van der Waals surface area contributed by atoms with E-state index in [0.717, 1.165) is 6.20 Å². The SMILES string of the molecule is CC1=C(Cc2cc(C)c(F)cn2)C(=O)c2ccccc2C1=O. The minimum Gasteiger partial charge on any atom is -0.289 e. The Bertz CT molecular complexity index is 837. The van der Waals surface area contributed by atoms with Gasteiger partial charge in [-0.2, -0.15) is 0 Å². The average Bonchev–Trinajstić information content (AvgIpc) is 2.53. The molecule has 0 spiro atoms. The fourth-order valence-corrected chi connectivity index (χ4v) is 2.64. The molecule has 0 saturated heterocycles. The van der Waals surface area contributed by atoms with Crippen molar-refractivity contribution in [3.8, 4) is 0 Å². The molecular weight excluding hydrogens is 281 g/mol. The number of aromatic nitrogens is 1. The van der Waals surface area contributed by atoms with E-state index < -0.39 is 0 Å². The van der Waals surface area contributed by atoms with Crippen molar-refractivity contribution in [3.63, 3.8) is 0 Å². The van der Waals surface area contributed by atoms with Crippen LogP contribution in [0.4, 0.5) is 4.39 Å². The van der Waals surface area contributed by atoms with Crippen LogP contribution in [0.3, 0.4) is 0 Å². The Labute approximate surface area is 127 Å². The number of rotatable bonds is 2. The third kappa shape index (κ3) is 2.26. The van der Waals surface area contributed by atoms with Gasteiger partial charge in [0.25, 0.3) is 0 Å². The van der Waals surface area contributed by atoms with Gasteiger partial charge in [-0.3, -0.25) is 14.6 Å². The number of allylic oxidation sites excluding steroid dienone is 2. The van der Waals surface area contributed by atoms with E-state index in [-0.39, 0.29) is 23.8 Å². The first-order valence-corrected chi connectivity index (χ1v) is 6.98. The lowest BCUT2D eigenvalue weighted by atomic mass is 9.83. The van der Waals surface area contributed by atoms with E-state index in [1.807, 2.05) is 0 Å². The fourth-order valence-electron chi connectivity index (χ4n) is 2.64. The smallest absolute Gasteiger partial charge is 0.190 e. The molecule has 0 N–H and O–H groups in total. The van der Waals surface area contributed by atoms with Crippen molar-refractivity contribution < 1.29 is 14.0 Å². The number of halogens is 1. The second-order valence-electron chi connectivity index (χ2n) is 5.41. The van der Waals surface area contributed by atoms with E-state index >= 15 is 0 Å². The van der Waals surface area contributed by atoms with Crippen molar-refractivity contribution in [2.45, 2.75) is 20.3 Å². The molecule has 1 aliphatic rings. The van der Waals surface area contributed by atoms with Crippen molar-refractivity contribution in [2.75, 3.05) is 0 Å². The predicted octanol–water partition coefficient (Wildman–Crippen LogP) is 3.47. The first-order chi connectivity index (χ1) is 10.5. The lowest BCUT2D eigenvalue weighted by molar-refractivity contribution is 0.0973. The summed E-state index contributed by atoms with van der Waals surface area (Å²) in [6, 6.07) is 8.41. The number of Topliss-reactive ketones (excluding diaryl/α,β-unsaturated/α-hetero) is 2. The summed E-state index contributed by atoms with van der Waals surface area (Å²) in [6.07, 6.45) is 1.37. The van der Waals surface area contributed by atoms with Crippen LogP contribution in [0, 0.1) is 12.7 Å². The Morgan fingerprint density at radius 3 is 2.32 bits per heavy atom. The number of carbonyl (C=O) groups is 2. The Balaban J connectivity index is 2.03. The molecule has 1 aliphatic carbocycles. The van der Waals surface area contributed by atoms with E-state index in [4.69, 9.17) is 0 Å². The number of pyridine rings is 1. The molecule has 0 fully saturated rings. The minimum atomic E-state index is -0.383. The quantitative estimate of drug-likeness (QED) is 0.852. The van der Waals surface area contributed by atoms with E-state index in [0.29, 0.717) is 33.5 Å². The summed E-state index contributed by atoms with van der Waals surface area (Å²) in [5.74, 6) is -0.675. The highest BCUT2D eigenvalue weighted by Gasteiger charge is 2.29. The zero-order valence-electron chi connectivity index (χ0n) is 12.3. The van der Waals surface area contributed by atoms with Crippen LogP contribution >= 0.6 is 0 Å². The summed E-state index contributed by atoms with van der Waals surface area (Å²) in [5, 5.41) is 0. The zero-order chi connectivity index (χ0) is 15.9. The van der Waals surface area contributed by atoms with Crippen LogP contribution in [0.2, 0.25) is 0 Å². The Morgan fingerprint density at radius 1 is 1.05 bits per heavy atom. The number of ketones is 2. The highest BCUT2D eigenvalue weighted by molar-refractivity contribution is 6.26. The number of benzene rings is 1. The van der Waals surface area contributed by atoms with Crippen molar-refractivity contribution in [1.82, 2.24) is 4.98 Å². The molecule has 3 rings (SSSR count). The summed E-state index contributed by atoms with van der Waals surface area (Å²) in [6.45, 7) is 3.30. The van der Waals surface area contributed by atoms with Gasteiger partial charge < -0.3 is 0 Å². The maximum Gasteiger partial charge on any atom is 0.190 e. The first-order valence-electron chi connectivity index (χ1n) is 6.98. The Hall–Kier alpha value is -2.62. The minimum absolute atomic E-state index is 0.135. The summed E-state index contributed by atoms with van der Waals surface area (Å²) >= 11 is 0. The van der Waals surface area contributed by atoms with Gasteiger partial charge in [0.05, 0.1) is 6.20 Å². The van der Waals surface area contributed by atoms with Gasteiger partial charge in [0, 0.05) is 34.4 Å². The Morgan fingerprint density at radius 2 is 1.68 bits per heavy atom. The van der Waals surface area contributed by atoms with Crippen molar-refractivity contribution in [3.05, 3.63) is 75.9 Å². The fraction of sp³-hybridized carbons (Fsp3) is 0.167. The van der Waals surface area contributed by atoms with Gasteiger partial charge >= 0.3 is 0 Å². The topological polar surface area (TPSA) is 47.0 Å². The molecule has 2 aromatic rings. The van der Waals surface area contributed by atoms with E-state index in [9.17, 15) is 14.0 Å². The number of carbonyl (C=O) groups excluding carboxylic acids is 2. The second-order valence-corrected chi connectivity index (χ2v) is 5.41. The largest absolute Gasteiger partial charge is 0.289 e. The second kappa shape index (κ2) is 5.30. The summed E-state index contributed by atoms with van der Waals surface area (Å²) in [7, 11) is 0. The zero-order valence-corrected chi connectivity index (χ0v) is 12.3. The maximum absolute atomic E-state index is 13.3. The third-order valence-electron chi connectivity index (χ3n) is 3.95. The molecule has 0 aliphatic heterocycles. The van der Waals surface area contributed by atoms with Crippen LogP contribution in [0.25, 0.3) is 0 Å². The van der Waals surface area contributed by atoms with Crippen molar-refractivity contribution >= 4 is 11.6 Å². The number of aryl methyl sites for hydroxylation is 1. The molecule has 0 amide bonds. The average molecular weight is 295 g/mol. The summed E-state index contributed by atoms with van der Waals surface area (Å²) < 4.78 is 13.3. The summed E-state index contributed by atoms with van der Waals surface area (Å²) in [5.41, 5.74) is 2.78. The molecule has 1 heterocycles. The number of hydrogen-bond donors (Lipinski definition) is 0. The molecule has 3 nitrogen and oxygen atoms in total. The van der Waals surface area contributed by atoms with E-state index in [2.05, 4.69) is 4.98 Å². The molecule has 0 bridgehead atoms. The first kappa shape index (κ1) is 14.3. The highest BCUT2D eigenvalue weighted by Crippen LogP contribution is 2.28. The maximum atomic E-state index is 13.3. The molecule has 0 atom stereocenters. The molecule has 22 heavy (non-hydrogen) atoms. The van der Waals surface area contributed by atoms with Crippen LogP contribution in [0.5, 0.6) is 0 Å². The number of fused-ring (bicyclic) bond motifs is 1. The van der Waals surface area contributed by atoms with Crippen molar-refractivity contribution in [2.24, 2.45) is 0 Å². The van der Waals surface area contributed by atoms with Gasteiger partial charge in [-0.25, -0.2) is 4.39 Å². The van der Waals surface area contributed by atoms with Gasteiger partial charge in [0.2, 0.25) is 0 Å². The van der Waals surface area contributed by atoms with Gasteiger partial charge in [-0.15, -0.1) is 0 Å². The van der Waals surface area contributed by atoms with Gasteiger partial charge in [-0.1, -0.05) is 24.3 Å². The molecule has 110 valence electrons. The molecule has 0 saturated carbocycles. The number of nitrogens with zero attached hydrogens (tertiary/aromatic N) is 1. The van der Waals surface area contributed by atoms with Crippen LogP contribution in [0.1, 0.15) is 38.9 Å². The molecule has 1 aromatic carbocycles. The lowest BCUT2D eigenvalue weighted by Crippen LogP contribution is -2.22. The molecule has 1 aromatic heterocycles. The molecule has 0 radical (unpaired) electrons. The van der Waals surface area contributed by atoms with Gasteiger partial charge in [-0.05, 0) is 25.5 Å². The molecule has 4 heteroatoms. The monoisotopic (exact) mass is 295 g/mol. The Kier molecular flexibility index (Phi) is 3.45. The standard InChI is InChI=1S/C18H14FNO2/c1-10-7-12(20-9-16(10)19)8-15-11(2)17(21)13-5-3-4-6-14(13)18(15)22/h3-7,9H,8H2,1-2H3. The van der Waals surface area contributed by atoms with Crippen LogP contribution < -0.4 is 0 Å². The van der Waals surface area contributed by atoms with Crippen molar-refractivity contribution in [1.29, 1.82) is 0 Å². The van der Waals surface area contributed by atoms with E-state index in [1.165, 1.54) is 0 Å². The van der Waals surface area contributed by atoms with E-state index in [1.54, 1.807) is 44.2 Å². The van der Waals surface area contributed by atoms with Crippen LogP contribution in [-0.4, -0.2) is 16.6 Å². The van der Waals surface area contributed by atoms with Gasteiger partial charge in [0.1, 0.15) is 5.82 Å². The highest BCUT2D eigenvalue weighted by atomic mass is 19.1. The molecular formula is C18H14FNO2. The number of hydrogen-bond acceptors (Lipinski definition) is 3. The molecule has 0 unspecified atom stereocenters. The summed E-state index contributed by atoms with van der Waals surface area (Å²) in [4.78, 5) is 29.0. The third-order valence-corrected chi connectivity index (χ3v) is 3.95. The normalized spacial score (nSPS) is 14.3.